The smallest absolute Gasteiger partial charge is 0.360 e. The summed E-state index contributed by atoms with van der Waals surface area (Å²) in [4.78, 5) is 16.4. The summed E-state index contributed by atoms with van der Waals surface area (Å²) in [5.74, 6) is 0.561. The van der Waals surface area contributed by atoms with Crippen molar-refractivity contribution in [2.45, 2.75) is 6.61 Å². The molecule has 0 aliphatic rings. The third kappa shape index (κ3) is 3.30. The van der Waals surface area contributed by atoms with Gasteiger partial charge in [0.1, 0.15) is 12.4 Å². The summed E-state index contributed by atoms with van der Waals surface area (Å²) in [5, 5.41) is 0.824. The lowest BCUT2D eigenvalue weighted by atomic mass is 10.1. The molecular weight excluding hydrogens is 306 g/mol. The molecule has 0 N–H and O–H groups in total. The Balaban J connectivity index is 2.00. The number of fused-ring (bicyclic) bond motifs is 1. The van der Waals surface area contributed by atoms with E-state index in [4.69, 9.17) is 14.2 Å². The van der Waals surface area contributed by atoms with Gasteiger partial charge in [-0.1, -0.05) is 30.3 Å². The zero-order chi connectivity index (χ0) is 16.9. The van der Waals surface area contributed by atoms with Crippen LogP contribution in [0.2, 0.25) is 0 Å². The van der Waals surface area contributed by atoms with Gasteiger partial charge in [-0.3, -0.25) is 0 Å². The highest BCUT2D eigenvalue weighted by molar-refractivity contribution is 5.94. The van der Waals surface area contributed by atoms with E-state index in [1.165, 1.54) is 7.11 Å². The van der Waals surface area contributed by atoms with Crippen LogP contribution in [0, 0.1) is 0 Å². The molecule has 0 bridgehead atoms. The fourth-order valence-electron chi connectivity index (χ4n) is 2.35. The lowest BCUT2D eigenvalue weighted by Gasteiger charge is -2.12. The van der Waals surface area contributed by atoms with Crippen LogP contribution < -0.4 is 9.47 Å². The Morgan fingerprint density at radius 2 is 1.83 bits per heavy atom. The van der Waals surface area contributed by atoms with Crippen LogP contribution in [0.25, 0.3) is 10.9 Å². The van der Waals surface area contributed by atoms with Crippen molar-refractivity contribution in [3.8, 4) is 11.5 Å². The normalized spacial score (nSPS) is 10.4. The Morgan fingerprint density at radius 1 is 1.04 bits per heavy atom. The number of rotatable bonds is 5. The van der Waals surface area contributed by atoms with Gasteiger partial charge in [0, 0.05) is 5.39 Å². The Morgan fingerprint density at radius 3 is 2.54 bits per heavy atom. The minimum absolute atomic E-state index is 0.158. The molecule has 0 unspecified atom stereocenters. The average Bonchev–Trinajstić information content (AvgIpc) is 2.65. The van der Waals surface area contributed by atoms with Crippen molar-refractivity contribution in [1.82, 2.24) is 4.98 Å². The van der Waals surface area contributed by atoms with Gasteiger partial charge in [-0.25, -0.2) is 9.78 Å². The van der Waals surface area contributed by atoms with E-state index in [1.807, 2.05) is 36.4 Å². The van der Waals surface area contributed by atoms with Crippen LogP contribution in [-0.2, 0) is 11.3 Å². The van der Waals surface area contributed by atoms with Crippen molar-refractivity contribution in [2.24, 2.45) is 0 Å². The first-order valence-electron chi connectivity index (χ1n) is 7.45. The van der Waals surface area contributed by atoms with Crippen molar-refractivity contribution >= 4 is 16.9 Å². The number of carbonyl (C=O) groups excluding carboxylic acids is 1. The first kappa shape index (κ1) is 15.8. The fourth-order valence-corrected chi connectivity index (χ4v) is 2.35. The summed E-state index contributed by atoms with van der Waals surface area (Å²) in [7, 11) is 2.92. The molecular formula is C19H17NO4. The first-order chi connectivity index (χ1) is 11.7. The molecule has 0 amide bonds. The lowest BCUT2D eigenvalue weighted by Crippen LogP contribution is -2.08. The van der Waals surface area contributed by atoms with Crippen LogP contribution in [0.3, 0.4) is 0 Å². The monoisotopic (exact) mass is 323 g/mol. The molecule has 5 heteroatoms. The topological polar surface area (TPSA) is 57.7 Å². The summed E-state index contributed by atoms with van der Waals surface area (Å²) in [5.41, 5.74) is 1.83. The summed E-state index contributed by atoms with van der Waals surface area (Å²) in [6, 6.07) is 16.9. The predicted molar refractivity (Wildman–Crippen MR) is 90.4 cm³/mol. The number of methoxy groups -OCH3 is 2. The van der Waals surface area contributed by atoms with Gasteiger partial charge in [-0.15, -0.1) is 0 Å². The summed E-state index contributed by atoms with van der Waals surface area (Å²) < 4.78 is 15.9. The molecule has 0 fully saturated rings. The second-order valence-corrected chi connectivity index (χ2v) is 5.16. The predicted octanol–water partition coefficient (Wildman–Crippen LogP) is 3.61. The van der Waals surface area contributed by atoms with E-state index in [0.29, 0.717) is 23.6 Å². The maximum atomic E-state index is 12.0. The average molecular weight is 323 g/mol. The highest BCUT2D eigenvalue weighted by atomic mass is 16.5. The van der Waals surface area contributed by atoms with Gasteiger partial charge in [-0.2, -0.15) is 0 Å². The van der Waals surface area contributed by atoms with E-state index in [1.54, 1.807) is 25.3 Å². The van der Waals surface area contributed by atoms with Crippen molar-refractivity contribution in [3.63, 3.8) is 0 Å². The molecule has 122 valence electrons. The summed E-state index contributed by atoms with van der Waals surface area (Å²) >= 11 is 0. The molecule has 0 radical (unpaired) electrons. The quantitative estimate of drug-likeness (QED) is 0.671. The van der Waals surface area contributed by atoms with Crippen molar-refractivity contribution in [2.75, 3.05) is 14.2 Å². The van der Waals surface area contributed by atoms with Crippen LogP contribution in [0.5, 0.6) is 11.5 Å². The van der Waals surface area contributed by atoms with Gasteiger partial charge in [0.25, 0.3) is 0 Å². The van der Waals surface area contributed by atoms with E-state index in [-0.39, 0.29) is 5.69 Å². The zero-order valence-corrected chi connectivity index (χ0v) is 13.5. The van der Waals surface area contributed by atoms with Gasteiger partial charge < -0.3 is 14.2 Å². The number of esters is 1. The summed E-state index contributed by atoms with van der Waals surface area (Å²) in [6.07, 6.45) is 0. The Hall–Kier alpha value is -3.08. The van der Waals surface area contributed by atoms with Crippen molar-refractivity contribution < 1.29 is 19.0 Å². The molecule has 0 saturated carbocycles. The van der Waals surface area contributed by atoms with Gasteiger partial charge >= 0.3 is 5.97 Å². The molecule has 0 aliphatic carbocycles. The van der Waals surface area contributed by atoms with Gasteiger partial charge in [-0.05, 0) is 29.8 Å². The number of ether oxygens (including phenoxy) is 3. The Kier molecular flexibility index (Phi) is 4.61. The fraction of sp³-hybridized carbons (Fsp3) is 0.158. The minimum atomic E-state index is -0.532. The number of hydrogen-bond donors (Lipinski definition) is 0. The summed E-state index contributed by atoms with van der Waals surface area (Å²) in [6.45, 7) is 0.335. The number of hydrogen-bond acceptors (Lipinski definition) is 5. The number of aromatic nitrogens is 1. The zero-order valence-electron chi connectivity index (χ0n) is 13.5. The standard InChI is InChI=1S/C19H17NO4/c1-22-15-8-9-16-14(10-15)11-17(18(20-16)19(21)23-2)24-12-13-6-4-3-5-7-13/h3-11H,12H2,1-2H3. The maximum Gasteiger partial charge on any atom is 0.360 e. The molecule has 0 aliphatic heterocycles. The van der Waals surface area contributed by atoms with Crippen LogP contribution in [-0.4, -0.2) is 25.2 Å². The molecule has 1 aromatic heterocycles. The third-order valence-corrected chi connectivity index (χ3v) is 3.60. The van der Waals surface area contributed by atoms with E-state index in [9.17, 15) is 4.79 Å². The molecule has 1 heterocycles. The van der Waals surface area contributed by atoms with Gasteiger partial charge in [0.05, 0.1) is 19.7 Å². The highest BCUT2D eigenvalue weighted by Crippen LogP contribution is 2.27. The third-order valence-electron chi connectivity index (χ3n) is 3.60. The second kappa shape index (κ2) is 7.00. The van der Waals surface area contributed by atoms with Crippen LogP contribution in [0.4, 0.5) is 0 Å². The number of pyridine rings is 1. The van der Waals surface area contributed by atoms with Crippen molar-refractivity contribution in [1.29, 1.82) is 0 Å². The molecule has 2 aromatic carbocycles. The van der Waals surface area contributed by atoms with E-state index in [0.717, 1.165) is 10.9 Å². The molecule has 3 aromatic rings. The highest BCUT2D eigenvalue weighted by Gasteiger charge is 2.17. The SMILES string of the molecule is COC(=O)c1nc2ccc(OC)cc2cc1OCc1ccccc1. The number of carbonyl (C=O) groups is 1. The molecule has 0 spiro atoms. The minimum Gasteiger partial charge on any atom is -0.497 e. The van der Waals surface area contributed by atoms with Gasteiger partial charge in [0.2, 0.25) is 0 Å². The second-order valence-electron chi connectivity index (χ2n) is 5.16. The van der Waals surface area contributed by atoms with Crippen LogP contribution in [0.15, 0.2) is 54.6 Å². The van der Waals surface area contributed by atoms with E-state index < -0.39 is 5.97 Å². The van der Waals surface area contributed by atoms with E-state index in [2.05, 4.69) is 4.98 Å². The van der Waals surface area contributed by atoms with Crippen LogP contribution >= 0.6 is 0 Å². The largest absolute Gasteiger partial charge is 0.497 e. The maximum absolute atomic E-state index is 12.0. The van der Waals surface area contributed by atoms with Crippen LogP contribution in [0.1, 0.15) is 16.1 Å². The number of benzene rings is 2. The molecule has 3 rings (SSSR count). The molecule has 0 atom stereocenters. The van der Waals surface area contributed by atoms with Crippen molar-refractivity contribution in [3.05, 3.63) is 65.9 Å². The number of nitrogens with zero attached hydrogens (tertiary/aromatic N) is 1. The Labute approximate surface area is 139 Å². The molecule has 5 nitrogen and oxygen atoms in total. The van der Waals surface area contributed by atoms with Gasteiger partial charge in [0.15, 0.2) is 11.4 Å². The Bertz CT molecular complexity index is 862. The van der Waals surface area contributed by atoms with E-state index >= 15 is 0 Å². The lowest BCUT2D eigenvalue weighted by molar-refractivity contribution is 0.0589. The first-order valence-corrected chi connectivity index (χ1v) is 7.45. The molecule has 24 heavy (non-hydrogen) atoms. The molecule has 0 saturated heterocycles.